The Morgan fingerprint density at radius 1 is 0.897 bits per heavy atom. The summed E-state index contributed by atoms with van der Waals surface area (Å²) in [5.74, 6) is -0.760. The van der Waals surface area contributed by atoms with Crippen LogP contribution in [0.4, 0.5) is 0 Å². The summed E-state index contributed by atoms with van der Waals surface area (Å²) in [6.45, 7) is 3.71. The molecular formula is C22H28ClN3O3. The lowest BCUT2D eigenvalue weighted by Crippen LogP contribution is -2.44. The maximum Gasteiger partial charge on any atom is 0.242 e. The van der Waals surface area contributed by atoms with Crippen LogP contribution in [0.5, 0.6) is 0 Å². The molecule has 6 nitrogen and oxygen atoms in total. The van der Waals surface area contributed by atoms with Crippen LogP contribution in [0.25, 0.3) is 0 Å². The summed E-state index contributed by atoms with van der Waals surface area (Å²) in [5.41, 5.74) is 1.20. The number of imide groups is 1. The number of nitrogens with zero attached hydrogens (tertiary/aromatic N) is 3. The van der Waals surface area contributed by atoms with Gasteiger partial charge in [-0.1, -0.05) is 36.6 Å². The highest BCUT2D eigenvalue weighted by atomic mass is 35.5. The van der Waals surface area contributed by atoms with Crippen LogP contribution in [0.1, 0.15) is 37.7 Å². The van der Waals surface area contributed by atoms with Crippen molar-refractivity contribution in [1.82, 2.24) is 14.7 Å². The summed E-state index contributed by atoms with van der Waals surface area (Å²) < 4.78 is 0. The number of benzene rings is 1. The zero-order chi connectivity index (χ0) is 20.4. The predicted molar refractivity (Wildman–Crippen MR) is 110 cm³/mol. The van der Waals surface area contributed by atoms with Gasteiger partial charge < -0.3 is 4.90 Å². The molecule has 1 aromatic rings. The quantitative estimate of drug-likeness (QED) is 0.706. The molecule has 0 aromatic heterocycles. The fourth-order valence-electron chi connectivity index (χ4n) is 4.85. The maximum absolute atomic E-state index is 12.9. The molecular weight excluding hydrogens is 390 g/mol. The van der Waals surface area contributed by atoms with Gasteiger partial charge >= 0.3 is 0 Å². The summed E-state index contributed by atoms with van der Waals surface area (Å²) in [6, 6.07) is 7.85. The zero-order valence-electron chi connectivity index (χ0n) is 16.7. The van der Waals surface area contributed by atoms with E-state index < -0.39 is 0 Å². The van der Waals surface area contributed by atoms with Crippen molar-refractivity contribution in [3.05, 3.63) is 34.9 Å². The lowest BCUT2D eigenvalue weighted by molar-refractivity contribution is -0.146. The van der Waals surface area contributed by atoms with Gasteiger partial charge in [-0.25, -0.2) is 0 Å². The first-order valence-electron chi connectivity index (χ1n) is 10.6. The Bertz CT molecular complexity index is 758. The largest absolute Gasteiger partial charge is 0.340 e. The van der Waals surface area contributed by atoms with E-state index in [0.29, 0.717) is 13.1 Å². The summed E-state index contributed by atoms with van der Waals surface area (Å²) in [4.78, 5) is 43.5. The molecule has 1 aliphatic carbocycles. The van der Waals surface area contributed by atoms with Crippen LogP contribution in [0, 0.1) is 11.8 Å². The minimum absolute atomic E-state index is 0.0954. The molecule has 2 heterocycles. The van der Waals surface area contributed by atoms with Gasteiger partial charge in [0.05, 0.1) is 11.8 Å². The first kappa shape index (κ1) is 20.4. The fraction of sp³-hybridized carbons (Fsp3) is 0.591. The Labute approximate surface area is 176 Å². The third-order valence-corrected chi connectivity index (χ3v) is 6.74. The minimum Gasteiger partial charge on any atom is -0.340 e. The molecule has 0 bridgehead atoms. The van der Waals surface area contributed by atoms with Gasteiger partial charge in [-0.3, -0.25) is 24.2 Å². The second-order valence-corrected chi connectivity index (χ2v) is 8.83. The number of halogens is 1. The van der Waals surface area contributed by atoms with Crippen molar-refractivity contribution in [3.63, 3.8) is 0 Å². The normalized spacial score (nSPS) is 25.8. The minimum atomic E-state index is -0.192. The van der Waals surface area contributed by atoms with E-state index in [1.54, 1.807) is 0 Å². The molecule has 2 saturated heterocycles. The van der Waals surface area contributed by atoms with Crippen molar-refractivity contribution in [2.75, 3.05) is 32.7 Å². The molecule has 3 aliphatic rings. The number of hydrogen-bond acceptors (Lipinski definition) is 4. The van der Waals surface area contributed by atoms with Gasteiger partial charge in [0.15, 0.2) is 0 Å². The van der Waals surface area contributed by atoms with Gasteiger partial charge in [-0.2, -0.15) is 0 Å². The van der Waals surface area contributed by atoms with Crippen LogP contribution in [0.3, 0.4) is 0 Å². The lowest BCUT2D eigenvalue weighted by Gasteiger charge is -2.24. The number of likely N-dealkylation sites (tertiary alicyclic amines) is 1. The average molecular weight is 418 g/mol. The van der Waals surface area contributed by atoms with Gasteiger partial charge in [0.1, 0.15) is 6.54 Å². The molecule has 1 aromatic carbocycles. The van der Waals surface area contributed by atoms with Crippen molar-refractivity contribution in [2.45, 2.75) is 38.6 Å². The third-order valence-electron chi connectivity index (χ3n) is 6.49. The van der Waals surface area contributed by atoms with Gasteiger partial charge in [-0.15, -0.1) is 0 Å². The van der Waals surface area contributed by atoms with Crippen LogP contribution < -0.4 is 0 Å². The molecule has 0 N–H and O–H groups in total. The summed E-state index contributed by atoms with van der Waals surface area (Å²) in [5, 5.41) is 0.729. The monoisotopic (exact) mass is 417 g/mol. The highest BCUT2D eigenvalue weighted by Crippen LogP contribution is 2.37. The first-order chi connectivity index (χ1) is 14.0. The molecule has 29 heavy (non-hydrogen) atoms. The summed E-state index contributed by atoms with van der Waals surface area (Å²) in [7, 11) is 0. The van der Waals surface area contributed by atoms with E-state index in [2.05, 4.69) is 4.90 Å². The molecule has 2 aliphatic heterocycles. The number of fused-ring (bicyclic) bond motifs is 1. The van der Waals surface area contributed by atoms with Gasteiger partial charge in [0, 0.05) is 37.7 Å². The number of amides is 3. The van der Waals surface area contributed by atoms with E-state index in [1.165, 1.54) is 10.5 Å². The second-order valence-electron chi connectivity index (χ2n) is 8.40. The van der Waals surface area contributed by atoms with E-state index in [0.717, 1.165) is 56.8 Å². The molecule has 4 rings (SSSR count). The Kier molecular flexibility index (Phi) is 6.20. The van der Waals surface area contributed by atoms with Crippen LogP contribution in [-0.2, 0) is 20.9 Å². The van der Waals surface area contributed by atoms with E-state index in [4.69, 9.17) is 11.6 Å². The lowest BCUT2D eigenvalue weighted by atomic mass is 9.81. The van der Waals surface area contributed by atoms with Crippen molar-refractivity contribution in [1.29, 1.82) is 0 Å². The third kappa shape index (κ3) is 4.48. The Balaban J connectivity index is 1.32. The van der Waals surface area contributed by atoms with Crippen LogP contribution in [-0.4, -0.2) is 65.1 Å². The smallest absolute Gasteiger partial charge is 0.242 e. The highest BCUT2D eigenvalue weighted by molar-refractivity contribution is 6.30. The Hall–Kier alpha value is -1.92. The van der Waals surface area contributed by atoms with E-state index in [-0.39, 0.29) is 36.1 Å². The summed E-state index contributed by atoms with van der Waals surface area (Å²) in [6.07, 6.45) is 4.44. The molecule has 2 unspecified atom stereocenters. The molecule has 7 heteroatoms. The summed E-state index contributed by atoms with van der Waals surface area (Å²) >= 11 is 5.96. The van der Waals surface area contributed by atoms with E-state index >= 15 is 0 Å². The number of carbonyl (C=O) groups is 3. The topological polar surface area (TPSA) is 60.9 Å². The molecule has 3 fully saturated rings. The molecule has 0 spiro atoms. The van der Waals surface area contributed by atoms with Crippen LogP contribution in [0.2, 0.25) is 5.02 Å². The molecule has 156 valence electrons. The highest BCUT2D eigenvalue weighted by Gasteiger charge is 2.48. The zero-order valence-corrected chi connectivity index (χ0v) is 17.4. The average Bonchev–Trinajstić information content (AvgIpc) is 2.89. The van der Waals surface area contributed by atoms with Crippen molar-refractivity contribution < 1.29 is 14.4 Å². The van der Waals surface area contributed by atoms with Crippen molar-refractivity contribution in [2.24, 2.45) is 11.8 Å². The van der Waals surface area contributed by atoms with Gasteiger partial charge in [0.2, 0.25) is 17.7 Å². The second kappa shape index (κ2) is 8.84. The Morgan fingerprint density at radius 2 is 1.55 bits per heavy atom. The van der Waals surface area contributed by atoms with Gasteiger partial charge in [0.25, 0.3) is 0 Å². The molecule has 3 amide bonds. The van der Waals surface area contributed by atoms with E-state index in [1.807, 2.05) is 29.2 Å². The number of hydrogen-bond donors (Lipinski definition) is 0. The van der Waals surface area contributed by atoms with Gasteiger partial charge in [-0.05, 0) is 37.0 Å². The predicted octanol–water partition coefficient (Wildman–Crippen LogP) is 2.55. The molecule has 2 atom stereocenters. The van der Waals surface area contributed by atoms with Crippen molar-refractivity contribution >= 4 is 29.3 Å². The standard InChI is InChI=1S/C22H28ClN3O3/c23-17-8-6-16(7-9-17)14-24-10-3-11-25(13-12-24)20(27)15-26-21(28)18-4-1-2-5-19(18)22(26)29/h6-9,18-19H,1-5,10-15H2. The van der Waals surface area contributed by atoms with E-state index in [9.17, 15) is 14.4 Å². The maximum atomic E-state index is 12.9. The Morgan fingerprint density at radius 3 is 2.21 bits per heavy atom. The molecule has 0 radical (unpaired) electrons. The SMILES string of the molecule is O=C(CN1C(=O)C2CCCCC2C1=O)N1CCCN(Cc2ccc(Cl)cc2)CC1. The fourth-order valence-corrected chi connectivity index (χ4v) is 4.97. The van der Waals surface area contributed by atoms with Crippen molar-refractivity contribution in [3.8, 4) is 0 Å². The van der Waals surface area contributed by atoms with Crippen LogP contribution >= 0.6 is 11.6 Å². The molecule has 1 saturated carbocycles. The number of rotatable bonds is 4. The van der Waals surface area contributed by atoms with Crippen LogP contribution in [0.15, 0.2) is 24.3 Å². The first-order valence-corrected chi connectivity index (χ1v) is 11.0. The number of carbonyl (C=O) groups excluding carboxylic acids is 3.